The molecule has 0 saturated carbocycles. The number of unbranched alkanes of at least 4 members (excludes halogenated alkanes) is 16. The summed E-state index contributed by atoms with van der Waals surface area (Å²) in [5.41, 5.74) is -1.11. The molecule has 0 aromatic rings. The highest BCUT2D eigenvalue weighted by atomic mass is 16.5. The van der Waals surface area contributed by atoms with Gasteiger partial charge in [-0.3, -0.25) is 4.79 Å². The van der Waals surface area contributed by atoms with E-state index in [1.165, 1.54) is 83.5 Å². The highest BCUT2D eigenvalue weighted by Gasteiger charge is 2.26. The topological polar surface area (TPSA) is 159 Å². The lowest BCUT2D eigenvalue weighted by Crippen LogP contribution is -2.37. The first-order chi connectivity index (χ1) is 17.8. The van der Waals surface area contributed by atoms with E-state index < -0.39 is 44.1 Å². The van der Waals surface area contributed by atoms with Gasteiger partial charge in [-0.05, 0) is 19.3 Å². The van der Waals surface area contributed by atoms with Crippen LogP contribution in [0.2, 0.25) is 0 Å². The molecule has 0 fully saturated rings. The number of carbonyl (C=O) groups is 1. The molecule has 0 saturated heterocycles. The molecule has 8 heteroatoms. The van der Waals surface area contributed by atoms with Crippen LogP contribution in [0.3, 0.4) is 0 Å². The zero-order valence-electron chi connectivity index (χ0n) is 24.1. The Morgan fingerprint density at radius 1 is 0.541 bits per heavy atom. The van der Waals surface area contributed by atoms with Crippen molar-refractivity contribution in [1.29, 1.82) is 0 Å². The smallest absolute Gasteiger partial charge is 0.303 e. The molecule has 0 aliphatic carbocycles. The number of carboxylic acids is 1. The fraction of sp³-hybridized carbons (Fsp3) is 0.966. The molecule has 0 aliphatic rings. The lowest BCUT2D eigenvalue weighted by molar-refractivity contribution is -0.137. The van der Waals surface area contributed by atoms with Crippen LogP contribution in [-0.2, 0) is 4.79 Å². The van der Waals surface area contributed by atoms with Gasteiger partial charge in [0.15, 0.2) is 6.29 Å². The minimum Gasteiger partial charge on any atom is -0.481 e. The van der Waals surface area contributed by atoms with Crippen molar-refractivity contribution in [1.82, 2.24) is 0 Å². The molecular weight excluding hydrogens is 476 g/mol. The molecule has 0 rings (SSSR count). The SMILES string of the molecule is CCCCCC(O)O.CCCCCCCCCCCCCCCCCC(=O)O.OCC(CO)(CO)CO. The fourth-order valence-corrected chi connectivity index (χ4v) is 3.52. The highest BCUT2D eigenvalue weighted by molar-refractivity contribution is 5.66. The van der Waals surface area contributed by atoms with Gasteiger partial charge in [0.2, 0.25) is 0 Å². The first-order valence-electron chi connectivity index (χ1n) is 14.8. The van der Waals surface area contributed by atoms with Gasteiger partial charge in [0, 0.05) is 6.42 Å². The third-order valence-corrected chi connectivity index (χ3v) is 6.40. The van der Waals surface area contributed by atoms with Crippen molar-refractivity contribution in [3.63, 3.8) is 0 Å². The maximum atomic E-state index is 10.3. The quantitative estimate of drug-likeness (QED) is 0.0656. The molecule has 0 aliphatic heterocycles. The number of rotatable bonds is 24. The fourth-order valence-electron chi connectivity index (χ4n) is 3.52. The van der Waals surface area contributed by atoms with Gasteiger partial charge in [-0.1, -0.05) is 117 Å². The van der Waals surface area contributed by atoms with E-state index in [1.54, 1.807) is 0 Å². The van der Waals surface area contributed by atoms with Crippen molar-refractivity contribution in [2.45, 2.75) is 149 Å². The number of hydrogen-bond acceptors (Lipinski definition) is 7. The maximum Gasteiger partial charge on any atom is 0.303 e. The van der Waals surface area contributed by atoms with Crippen molar-refractivity contribution in [2.24, 2.45) is 5.41 Å². The van der Waals surface area contributed by atoms with Crippen molar-refractivity contribution in [2.75, 3.05) is 26.4 Å². The minimum absolute atomic E-state index is 0.345. The van der Waals surface area contributed by atoms with Gasteiger partial charge in [0.1, 0.15) is 0 Å². The van der Waals surface area contributed by atoms with Crippen LogP contribution in [-0.4, -0.2) is 74.4 Å². The Morgan fingerprint density at radius 2 is 0.838 bits per heavy atom. The summed E-state index contributed by atoms with van der Waals surface area (Å²) in [6.07, 6.45) is 22.8. The molecule has 0 aromatic carbocycles. The molecule has 0 bridgehead atoms. The molecule has 0 amide bonds. The summed E-state index contributed by atoms with van der Waals surface area (Å²) < 4.78 is 0. The molecule has 0 atom stereocenters. The van der Waals surface area contributed by atoms with Gasteiger partial charge in [-0.2, -0.15) is 0 Å². The Balaban J connectivity index is -0.000000559. The van der Waals surface area contributed by atoms with Crippen LogP contribution in [0.4, 0.5) is 0 Å². The van der Waals surface area contributed by atoms with E-state index in [0.717, 1.165) is 32.1 Å². The van der Waals surface area contributed by atoms with E-state index in [0.29, 0.717) is 12.8 Å². The standard InChI is InChI=1S/C18H36O2.C6H14O2.C5H12O4/c1-2-3-4-5-6-7-8-9-10-11-12-13-14-15-16-17-18(19)20;1-2-3-4-5-6(7)8;6-1-5(2-7,3-8)4-9/h2-17H2,1H3,(H,19,20);6-8H,2-5H2,1H3;6-9H,1-4H2. The average molecular weight is 539 g/mol. The number of aliphatic hydroxyl groups is 6. The van der Waals surface area contributed by atoms with E-state index in [9.17, 15) is 4.79 Å². The summed E-state index contributed by atoms with van der Waals surface area (Å²) in [4.78, 5) is 10.3. The average Bonchev–Trinajstić information content (AvgIpc) is 2.89. The highest BCUT2D eigenvalue weighted by Crippen LogP contribution is 2.14. The van der Waals surface area contributed by atoms with E-state index in [-0.39, 0.29) is 0 Å². The molecule has 7 N–H and O–H groups in total. The summed E-state index contributed by atoms with van der Waals surface area (Å²) >= 11 is 0. The van der Waals surface area contributed by atoms with Gasteiger partial charge in [-0.15, -0.1) is 0 Å². The second-order valence-corrected chi connectivity index (χ2v) is 10.2. The minimum atomic E-state index is -1.11. The first-order valence-corrected chi connectivity index (χ1v) is 14.8. The molecule has 0 aromatic heterocycles. The lowest BCUT2D eigenvalue weighted by atomic mass is 9.93. The Kier molecular flexibility index (Phi) is 36.6. The Morgan fingerprint density at radius 3 is 1.08 bits per heavy atom. The Bertz CT molecular complexity index is 411. The maximum absolute atomic E-state index is 10.3. The van der Waals surface area contributed by atoms with Crippen LogP contribution < -0.4 is 0 Å². The molecule has 0 spiro atoms. The zero-order valence-corrected chi connectivity index (χ0v) is 24.1. The van der Waals surface area contributed by atoms with Gasteiger partial charge in [0.05, 0.1) is 31.8 Å². The van der Waals surface area contributed by atoms with Crippen LogP contribution in [0.15, 0.2) is 0 Å². The van der Waals surface area contributed by atoms with Crippen molar-refractivity contribution in [3.05, 3.63) is 0 Å². The van der Waals surface area contributed by atoms with E-state index >= 15 is 0 Å². The van der Waals surface area contributed by atoms with Gasteiger partial charge < -0.3 is 35.7 Å². The zero-order chi connectivity index (χ0) is 28.6. The molecule has 0 unspecified atom stereocenters. The monoisotopic (exact) mass is 538 g/mol. The van der Waals surface area contributed by atoms with Gasteiger partial charge >= 0.3 is 5.97 Å². The van der Waals surface area contributed by atoms with Crippen LogP contribution in [0.5, 0.6) is 0 Å². The number of aliphatic hydroxyl groups excluding tert-OH is 5. The third kappa shape index (κ3) is 35.2. The van der Waals surface area contributed by atoms with E-state index in [2.05, 4.69) is 13.8 Å². The normalized spacial score (nSPS) is 11.1. The van der Waals surface area contributed by atoms with Crippen LogP contribution >= 0.6 is 0 Å². The molecule has 0 heterocycles. The summed E-state index contributed by atoms with van der Waals surface area (Å²) in [5, 5.41) is 59.2. The summed E-state index contributed by atoms with van der Waals surface area (Å²) in [5.74, 6) is -0.653. The molecule has 226 valence electrons. The molecule has 8 nitrogen and oxygen atoms in total. The largest absolute Gasteiger partial charge is 0.481 e. The van der Waals surface area contributed by atoms with Gasteiger partial charge in [-0.25, -0.2) is 0 Å². The summed E-state index contributed by atoms with van der Waals surface area (Å²) in [6, 6.07) is 0. The molecular formula is C29H62O8. The van der Waals surface area contributed by atoms with E-state index in [4.69, 9.17) is 35.7 Å². The Labute approximate surface area is 227 Å². The van der Waals surface area contributed by atoms with E-state index in [1.807, 2.05) is 0 Å². The Hall–Kier alpha value is -0.770. The first kappa shape index (κ1) is 40.7. The predicted molar refractivity (Wildman–Crippen MR) is 150 cm³/mol. The third-order valence-electron chi connectivity index (χ3n) is 6.40. The second-order valence-electron chi connectivity index (χ2n) is 10.2. The van der Waals surface area contributed by atoms with Crippen LogP contribution in [0.1, 0.15) is 142 Å². The van der Waals surface area contributed by atoms with Crippen LogP contribution in [0.25, 0.3) is 0 Å². The number of hydrogen-bond donors (Lipinski definition) is 7. The van der Waals surface area contributed by atoms with Crippen molar-refractivity contribution >= 4 is 5.97 Å². The summed E-state index contributed by atoms with van der Waals surface area (Å²) in [6.45, 7) is 2.73. The predicted octanol–water partition coefficient (Wildman–Crippen LogP) is 5.15. The van der Waals surface area contributed by atoms with Crippen LogP contribution in [0, 0.1) is 5.41 Å². The molecule has 0 radical (unpaired) electrons. The number of carboxylic acid groups (broad SMARTS) is 1. The second kappa shape index (κ2) is 33.3. The summed E-state index contributed by atoms with van der Waals surface area (Å²) in [7, 11) is 0. The molecule has 37 heavy (non-hydrogen) atoms. The van der Waals surface area contributed by atoms with Crippen molar-refractivity contribution < 1.29 is 40.5 Å². The number of aliphatic carboxylic acids is 1. The van der Waals surface area contributed by atoms with Crippen molar-refractivity contribution in [3.8, 4) is 0 Å². The lowest BCUT2D eigenvalue weighted by Gasteiger charge is -2.23. The van der Waals surface area contributed by atoms with Gasteiger partial charge in [0.25, 0.3) is 0 Å².